The molecular formula is C17H24ClNO. The fourth-order valence-electron chi connectivity index (χ4n) is 3.53. The molecule has 1 saturated carbocycles. The quantitative estimate of drug-likeness (QED) is 0.904. The maximum atomic E-state index is 6.02. The Hall–Kier alpha value is -0.730. The van der Waals surface area contributed by atoms with Crippen LogP contribution in [0.1, 0.15) is 38.2 Å². The van der Waals surface area contributed by atoms with Crippen LogP contribution in [0.25, 0.3) is 0 Å². The van der Waals surface area contributed by atoms with Crippen LogP contribution in [0.5, 0.6) is 5.75 Å². The van der Waals surface area contributed by atoms with Gasteiger partial charge in [0.05, 0.1) is 0 Å². The first-order chi connectivity index (χ1) is 9.72. The first-order valence-electron chi connectivity index (χ1n) is 7.88. The minimum Gasteiger partial charge on any atom is -0.488 e. The van der Waals surface area contributed by atoms with Gasteiger partial charge >= 0.3 is 0 Å². The SMILES string of the molecule is CC1CCCCC1CNCC1Cc2cc(Cl)ccc2O1. The number of nitrogens with one attached hydrogen (secondary N) is 1. The molecular weight excluding hydrogens is 270 g/mol. The van der Waals surface area contributed by atoms with E-state index in [1.807, 2.05) is 18.2 Å². The van der Waals surface area contributed by atoms with Crippen LogP contribution in [-0.4, -0.2) is 19.2 Å². The lowest BCUT2D eigenvalue weighted by atomic mass is 9.80. The van der Waals surface area contributed by atoms with Crippen molar-refractivity contribution in [2.75, 3.05) is 13.1 Å². The van der Waals surface area contributed by atoms with E-state index in [-0.39, 0.29) is 6.10 Å². The predicted octanol–water partition coefficient (Wildman–Crippen LogP) is 4.06. The molecule has 1 fully saturated rings. The van der Waals surface area contributed by atoms with Crippen LogP contribution in [0.2, 0.25) is 5.02 Å². The molecule has 110 valence electrons. The lowest BCUT2D eigenvalue weighted by Gasteiger charge is -2.29. The van der Waals surface area contributed by atoms with Gasteiger partial charge in [0, 0.05) is 18.0 Å². The number of hydrogen-bond acceptors (Lipinski definition) is 2. The van der Waals surface area contributed by atoms with Gasteiger partial charge in [-0.1, -0.05) is 37.8 Å². The van der Waals surface area contributed by atoms with Gasteiger partial charge in [-0.2, -0.15) is 0 Å². The third-order valence-electron chi connectivity index (χ3n) is 4.83. The second-order valence-corrected chi connectivity index (χ2v) is 6.81. The Balaban J connectivity index is 1.44. The van der Waals surface area contributed by atoms with Crippen LogP contribution in [-0.2, 0) is 6.42 Å². The number of benzene rings is 1. The zero-order valence-electron chi connectivity index (χ0n) is 12.2. The van der Waals surface area contributed by atoms with Crippen LogP contribution >= 0.6 is 11.6 Å². The van der Waals surface area contributed by atoms with Gasteiger partial charge < -0.3 is 10.1 Å². The van der Waals surface area contributed by atoms with Crippen LogP contribution < -0.4 is 10.1 Å². The summed E-state index contributed by atoms with van der Waals surface area (Å²) in [4.78, 5) is 0. The second kappa shape index (κ2) is 6.36. The van der Waals surface area contributed by atoms with Crippen molar-refractivity contribution < 1.29 is 4.74 Å². The van der Waals surface area contributed by atoms with Crippen molar-refractivity contribution >= 4 is 11.6 Å². The molecule has 0 radical (unpaired) electrons. The van der Waals surface area contributed by atoms with Gasteiger partial charge in [-0.05, 0) is 48.6 Å². The van der Waals surface area contributed by atoms with Crippen LogP contribution in [0.3, 0.4) is 0 Å². The molecule has 2 nitrogen and oxygen atoms in total. The summed E-state index contributed by atoms with van der Waals surface area (Å²) in [6.45, 7) is 4.48. The van der Waals surface area contributed by atoms with Crippen molar-refractivity contribution in [3.8, 4) is 5.75 Å². The van der Waals surface area contributed by atoms with Crippen LogP contribution in [0.4, 0.5) is 0 Å². The van der Waals surface area contributed by atoms with E-state index >= 15 is 0 Å². The van der Waals surface area contributed by atoms with E-state index in [1.54, 1.807) is 0 Å². The van der Waals surface area contributed by atoms with Gasteiger partial charge in [0.25, 0.3) is 0 Å². The zero-order valence-corrected chi connectivity index (χ0v) is 13.0. The Kier molecular flexibility index (Phi) is 4.52. The van der Waals surface area contributed by atoms with E-state index in [4.69, 9.17) is 16.3 Å². The molecule has 3 heteroatoms. The molecule has 3 unspecified atom stereocenters. The average Bonchev–Trinajstić information content (AvgIpc) is 2.83. The lowest BCUT2D eigenvalue weighted by molar-refractivity contribution is 0.207. The molecule has 20 heavy (non-hydrogen) atoms. The van der Waals surface area contributed by atoms with Crippen molar-refractivity contribution in [3.05, 3.63) is 28.8 Å². The van der Waals surface area contributed by atoms with E-state index in [1.165, 1.54) is 31.2 Å². The second-order valence-electron chi connectivity index (χ2n) is 6.38. The zero-order chi connectivity index (χ0) is 13.9. The minimum atomic E-state index is 0.266. The molecule has 2 aliphatic rings. The van der Waals surface area contributed by atoms with E-state index in [0.717, 1.165) is 42.1 Å². The molecule has 0 saturated heterocycles. The first kappa shape index (κ1) is 14.2. The molecule has 0 spiro atoms. The van der Waals surface area contributed by atoms with E-state index in [9.17, 15) is 0 Å². The van der Waals surface area contributed by atoms with Crippen molar-refractivity contribution in [1.82, 2.24) is 5.32 Å². The van der Waals surface area contributed by atoms with Gasteiger partial charge in [0.2, 0.25) is 0 Å². The summed E-state index contributed by atoms with van der Waals surface area (Å²) in [6.07, 6.45) is 6.84. The van der Waals surface area contributed by atoms with E-state index in [2.05, 4.69) is 12.2 Å². The maximum absolute atomic E-state index is 6.02. The van der Waals surface area contributed by atoms with Crippen LogP contribution in [0.15, 0.2) is 18.2 Å². The summed E-state index contributed by atoms with van der Waals surface area (Å²) < 4.78 is 5.96. The van der Waals surface area contributed by atoms with Crippen LogP contribution in [0, 0.1) is 11.8 Å². The Morgan fingerprint density at radius 2 is 2.10 bits per heavy atom. The predicted molar refractivity (Wildman–Crippen MR) is 83.6 cm³/mol. The maximum Gasteiger partial charge on any atom is 0.123 e. The molecule has 1 aliphatic carbocycles. The molecule has 3 atom stereocenters. The summed E-state index contributed by atoms with van der Waals surface area (Å²) in [7, 11) is 0. The van der Waals surface area contributed by atoms with Gasteiger partial charge in [-0.25, -0.2) is 0 Å². The molecule has 0 bridgehead atoms. The summed E-state index contributed by atoms with van der Waals surface area (Å²) >= 11 is 6.02. The van der Waals surface area contributed by atoms with E-state index < -0.39 is 0 Å². The van der Waals surface area contributed by atoms with Crippen molar-refractivity contribution in [2.45, 2.75) is 45.1 Å². The fraction of sp³-hybridized carbons (Fsp3) is 0.647. The summed E-state index contributed by atoms with van der Waals surface area (Å²) in [5.74, 6) is 2.73. The first-order valence-corrected chi connectivity index (χ1v) is 8.26. The summed E-state index contributed by atoms with van der Waals surface area (Å²) in [5, 5.41) is 4.42. The highest BCUT2D eigenvalue weighted by Crippen LogP contribution is 2.31. The largest absolute Gasteiger partial charge is 0.488 e. The van der Waals surface area contributed by atoms with E-state index in [0.29, 0.717) is 0 Å². The highest BCUT2D eigenvalue weighted by atomic mass is 35.5. The third-order valence-corrected chi connectivity index (χ3v) is 5.07. The molecule has 0 amide bonds. The highest BCUT2D eigenvalue weighted by Gasteiger charge is 2.24. The number of rotatable bonds is 4. The van der Waals surface area contributed by atoms with Gasteiger partial charge in [0.15, 0.2) is 0 Å². The molecule has 1 heterocycles. The molecule has 1 aromatic carbocycles. The molecule has 0 aromatic heterocycles. The van der Waals surface area contributed by atoms with Gasteiger partial charge in [0.1, 0.15) is 11.9 Å². The highest BCUT2D eigenvalue weighted by molar-refractivity contribution is 6.30. The number of fused-ring (bicyclic) bond motifs is 1. The smallest absolute Gasteiger partial charge is 0.123 e. The van der Waals surface area contributed by atoms with Gasteiger partial charge in [-0.3, -0.25) is 0 Å². The lowest BCUT2D eigenvalue weighted by Crippen LogP contribution is -2.35. The fourth-order valence-corrected chi connectivity index (χ4v) is 3.72. The molecule has 1 aromatic rings. The summed E-state index contributed by atoms with van der Waals surface area (Å²) in [5.41, 5.74) is 1.25. The Labute approximate surface area is 126 Å². The number of hydrogen-bond donors (Lipinski definition) is 1. The molecule has 1 N–H and O–H groups in total. The molecule has 3 rings (SSSR count). The third kappa shape index (κ3) is 3.29. The Morgan fingerprint density at radius 1 is 1.25 bits per heavy atom. The van der Waals surface area contributed by atoms with Crippen molar-refractivity contribution in [3.63, 3.8) is 0 Å². The number of ether oxygens (including phenoxy) is 1. The Morgan fingerprint density at radius 3 is 2.95 bits per heavy atom. The minimum absolute atomic E-state index is 0.266. The average molecular weight is 294 g/mol. The topological polar surface area (TPSA) is 21.3 Å². The number of halogens is 1. The standard InChI is InChI=1S/C17H24ClNO/c1-12-4-2-3-5-13(12)10-19-11-16-9-14-8-15(18)6-7-17(14)20-16/h6-8,12-13,16,19H,2-5,9-11H2,1H3. The Bertz CT molecular complexity index is 462. The van der Waals surface area contributed by atoms with Crippen molar-refractivity contribution in [1.29, 1.82) is 0 Å². The monoisotopic (exact) mass is 293 g/mol. The van der Waals surface area contributed by atoms with Gasteiger partial charge in [-0.15, -0.1) is 0 Å². The molecule has 1 aliphatic heterocycles. The van der Waals surface area contributed by atoms with Crippen molar-refractivity contribution in [2.24, 2.45) is 11.8 Å². The summed E-state index contributed by atoms with van der Waals surface area (Å²) in [6, 6.07) is 5.92. The normalized spacial score (nSPS) is 29.0.